The van der Waals surface area contributed by atoms with Gasteiger partial charge in [-0.25, -0.2) is 4.79 Å². The van der Waals surface area contributed by atoms with Gasteiger partial charge in [-0.1, -0.05) is 43.5 Å². The van der Waals surface area contributed by atoms with Crippen LogP contribution < -0.4 is 10.4 Å². The van der Waals surface area contributed by atoms with Gasteiger partial charge in [-0.3, -0.25) is 4.79 Å². The number of fused-ring (bicyclic) bond motifs is 2. The third kappa shape index (κ3) is 4.89. The third-order valence-corrected chi connectivity index (χ3v) is 8.38. The van der Waals surface area contributed by atoms with Crippen LogP contribution in [0.5, 0.6) is 5.75 Å². The number of aryl methyl sites for hydroxylation is 2. The first-order valence-electron chi connectivity index (χ1n) is 13.2. The summed E-state index contributed by atoms with van der Waals surface area (Å²) in [4.78, 5) is 27.9. The van der Waals surface area contributed by atoms with Crippen molar-refractivity contribution in [3.63, 3.8) is 0 Å². The summed E-state index contributed by atoms with van der Waals surface area (Å²) in [5, 5.41) is 12.9. The highest BCUT2D eigenvalue weighted by Crippen LogP contribution is 2.49. The Bertz CT molecular complexity index is 1370. The monoisotopic (exact) mass is 523 g/mol. The Kier molecular flexibility index (Phi) is 7.08. The van der Waals surface area contributed by atoms with Crippen molar-refractivity contribution >= 4 is 28.5 Å². The van der Waals surface area contributed by atoms with Crippen LogP contribution in [0, 0.1) is 12.8 Å². The number of amides is 1. The van der Waals surface area contributed by atoms with Gasteiger partial charge >= 0.3 is 5.63 Å². The van der Waals surface area contributed by atoms with Gasteiger partial charge in [-0.2, -0.15) is 0 Å². The maximum absolute atomic E-state index is 14.0. The van der Waals surface area contributed by atoms with Crippen LogP contribution >= 0.6 is 11.6 Å². The van der Waals surface area contributed by atoms with Crippen molar-refractivity contribution in [2.75, 3.05) is 6.54 Å². The van der Waals surface area contributed by atoms with Crippen molar-refractivity contribution in [2.45, 2.75) is 77.0 Å². The molecule has 5 rings (SSSR count). The van der Waals surface area contributed by atoms with Crippen LogP contribution in [-0.4, -0.2) is 34.2 Å². The summed E-state index contributed by atoms with van der Waals surface area (Å²) in [5.74, 6) is 0.358. The largest absolute Gasteiger partial charge is 0.480 e. The maximum atomic E-state index is 14.0. The topological polar surface area (TPSA) is 80.0 Å². The molecule has 1 aliphatic heterocycles. The van der Waals surface area contributed by atoms with E-state index in [4.69, 9.17) is 20.8 Å². The van der Waals surface area contributed by atoms with Crippen molar-refractivity contribution in [3.8, 4) is 5.75 Å². The van der Waals surface area contributed by atoms with Crippen LogP contribution in [0.15, 0.2) is 51.7 Å². The van der Waals surface area contributed by atoms with Gasteiger partial charge in [0.1, 0.15) is 11.3 Å². The molecule has 4 atom stereocenters. The molecule has 2 heterocycles. The minimum Gasteiger partial charge on any atom is -0.480 e. The van der Waals surface area contributed by atoms with Crippen molar-refractivity contribution < 1.29 is 19.1 Å². The number of carbonyl (C=O) groups is 1. The molecule has 0 radical (unpaired) electrons. The number of benzene rings is 2. The van der Waals surface area contributed by atoms with Gasteiger partial charge in [0.2, 0.25) is 0 Å². The van der Waals surface area contributed by atoms with Gasteiger partial charge in [0.25, 0.3) is 5.91 Å². The highest BCUT2D eigenvalue weighted by molar-refractivity contribution is 6.30. The number of carbonyl (C=O) groups excluding carboxylic acids is 1. The van der Waals surface area contributed by atoms with Gasteiger partial charge in [0, 0.05) is 23.6 Å². The fourth-order valence-corrected chi connectivity index (χ4v) is 6.44. The van der Waals surface area contributed by atoms with Crippen LogP contribution in [-0.2, 0) is 11.2 Å². The van der Waals surface area contributed by atoms with Crippen LogP contribution in [0.4, 0.5) is 0 Å². The molecule has 196 valence electrons. The first-order valence-corrected chi connectivity index (χ1v) is 13.6. The Morgan fingerprint density at radius 3 is 2.70 bits per heavy atom. The summed E-state index contributed by atoms with van der Waals surface area (Å²) < 4.78 is 11.8. The lowest BCUT2D eigenvalue weighted by Gasteiger charge is -2.53. The molecule has 2 aromatic carbocycles. The smallest absolute Gasteiger partial charge is 0.336 e. The summed E-state index contributed by atoms with van der Waals surface area (Å²) in [6, 6.07) is 12.5. The standard InChI is InChI=1S/C30H34ClNO5/c1-4-20-17-26(33)37-25-16-18(2)15-24(27(20)25)36-19(3)29(34)32-14-13-30(35)12-6-5-7-23(30)28(32)21-8-10-22(31)11-9-21/h8-11,15-17,19,23,28,35H,4-7,12-14H2,1-3H3/t19?,23?,28?,30-/m0/s1. The van der Waals surface area contributed by atoms with Crippen LogP contribution in [0.3, 0.4) is 0 Å². The molecule has 1 aromatic heterocycles. The van der Waals surface area contributed by atoms with E-state index in [1.54, 1.807) is 6.92 Å². The summed E-state index contributed by atoms with van der Waals surface area (Å²) in [7, 11) is 0. The highest BCUT2D eigenvalue weighted by atomic mass is 35.5. The minimum atomic E-state index is -0.774. The molecule has 1 N–H and O–H groups in total. The number of ether oxygens (including phenoxy) is 1. The molecule has 6 nitrogen and oxygen atoms in total. The van der Waals surface area contributed by atoms with Gasteiger partial charge in [-0.05, 0) is 80.5 Å². The van der Waals surface area contributed by atoms with Crippen LogP contribution in [0.2, 0.25) is 5.02 Å². The summed E-state index contributed by atoms with van der Waals surface area (Å²) in [5.41, 5.74) is 1.97. The van der Waals surface area contributed by atoms with E-state index in [0.717, 1.165) is 47.8 Å². The van der Waals surface area contributed by atoms with Crippen molar-refractivity contribution in [2.24, 2.45) is 5.92 Å². The molecule has 1 saturated heterocycles. The van der Waals surface area contributed by atoms with Gasteiger partial charge in [0.05, 0.1) is 17.0 Å². The number of hydrogen-bond acceptors (Lipinski definition) is 5. The average Bonchev–Trinajstić information content (AvgIpc) is 2.87. The number of rotatable bonds is 5. The average molecular weight is 524 g/mol. The second-order valence-electron chi connectivity index (χ2n) is 10.6. The molecule has 1 saturated carbocycles. The Morgan fingerprint density at radius 1 is 1.22 bits per heavy atom. The second-order valence-corrected chi connectivity index (χ2v) is 11.0. The van der Waals surface area contributed by atoms with E-state index in [1.165, 1.54) is 6.07 Å². The normalized spacial score (nSPS) is 24.5. The molecule has 1 amide bonds. The van der Waals surface area contributed by atoms with E-state index in [-0.39, 0.29) is 17.9 Å². The zero-order chi connectivity index (χ0) is 26.3. The Labute approximate surface area is 222 Å². The van der Waals surface area contributed by atoms with E-state index in [1.807, 2.05) is 55.1 Å². The number of aliphatic hydroxyl groups is 1. The molecule has 3 unspecified atom stereocenters. The zero-order valence-corrected chi connectivity index (χ0v) is 22.4. The fraction of sp³-hybridized carbons (Fsp3) is 0.467. The van der Waals surface area contributed by atoms with Crippen molar-refractivity contribution in [1.29, 1.82) is 0 Å². The summed E-state index contributed by atoms with van der Waals surface area (Å²) >= 11 is 6.17. The number of piperidine rings is 1. The van der Waals surface area contributed by atoms with E-state index >= 15 is 0 Å². The minimum absolute atomic E-state index is 0.0481. The van der Waals surface area contributed by atoms with Crippen LogP contribution in [0.1, 0.15) is 68.7 Å². The molecule has 7 heteroatoms. The molecule has 1 aliphatic carbocycles. The maximum Gasteiger partial charge on any atom is 0.336 e. The SMILES string of the molecule is CCc1cc(=O)oc2cc(C)cc(OC(C)C(=O)N3CC[C@@]4(O)CCCCC4C3c3ccc(Cl)cc3)c12. The quantitative estimate of drug-likeness (QED) is 0.416. The number of hydrogen-bond donors (Lipinski definition) is 1. The third-order valence-electron chi connectivity index (χ3n) is 8.13. The molecule has 0 spiro atoms. The number of halogens is 1. The Morgan fingerprint density at radius 2 is 1.97 bits per heavy atom. The lowest BCUT2D eigenvalue weighted by molar-refractivity contribution is -0.161. The zero-order valence-electron chi connectivity index (χ0n) is 21.6. The molecular weight excluding hydrogens is 490 g/mol. The molecule has 0 bridgehead atoms. The lowest BCUT2D eigenvalue weighted by atomic mass is 9.66. The number of likely N-dealkylation sites (tertiary alicyclic amines) is 1. The molecule has 37 heavy (non-hydrogen) atoms. The number of nitrogens with zero attached hydrogens (tertiary/aromatic N) is 1. The lowest BCUT2D eigenvalue weighted by Crippen LogP contribution is -2.58. The summed E-state index contributed by atoms with van der Waals surface area (Å²) in [6.07, 6.45) is 4.08. The molecule has 2 aliphatic rings. The molecular formula is C30H34ClNO5. The fourth-order valence-electron chi connectivity index (χ4n) is 6.32. The van der Waals surface area contributed by atoms with Crippen LogP contribution in [0.25, 0.3) is 11.0 Å². The van der Waals surface area contributed by atoms with E-state index in [2.05, 4.69) is 0 Å². The second kappa shape index (κ2) is 10.1. The van der Waals surface area contributed by atoms with Crippen molar-refractivity contribution in [1.82, 2.24) is 4.90 Å². The van der Waals surface area contributed by atoms with Gasteiger partial charge < -0.3 is 19.2 Å². The predicted octanol–water partition coefficient (Wildman–Crippen LogP) is 5.98. The van der Waals surface area contributed by atoms with E-state index < -0.39 is 17.3 Å². The highest BCUT2D eigenvalue weighted by Gasteiger charge is 2.50. The summed E-state index contributed by atoms with van der Waals surface area (Å²) in [6.45, 7) is 6.10. The van der Waals surface area contributed by atoms with Gasteiger partial charge in [0.15, 0.2) is 6.10 Å². The van der Waals surface area contributed by atoms with E-state index in [0.29, 0.717) is 35.7 Å². The first kappa shape index (κ1) is 25.8. The van der Waals surface area contributed by atoms with Crippen molar-refractivity contribution in [3.05, 3.63) is 74.6 Å². The Hall–Kier alpha value is -2.83. The molecule has 3 aromatic rings. The first-order chi connectivity index (χ1) is 17.7. The van der Waals surface area contributed by atoms with E-state index in [9.17, 15) is 14.7 Å². The molecule has 2 fully saturated rings. The Balaban J connectivity index is 1.49. The predicted molar refractivity (Wildman–Crippen MR) is 144 cm³/mol. The van der Waals surface area contributed by atoms with Gasteiger partial charge in [-0.15, -0.1) is 0 Å².